The molecule has 1 aromatic heterocycles. The van der Waals surface area contributed by atoms with E-state index in [9.17, 15) is 0 Å². The van der Waals surface area contributed by atoms with Crippen molar-refractivity contribution < 1.29 is 10.2 Å². The maximum Gasteiger partial charge on any atom is 0.104 e. The molecule has 0 radical (unpaired) electrons. The fourth-order valence-electron chi connectivity index (χ4n) is 1.83. The zero-order valence-electron chi connectivity index (χ0n) is 9.77. The summed E-state index contributed by atoms with van der Waals surface area (Å²) in [6.45, 7) is 1.97. The molecule has 2 aromatic rings. The van der Waals surface area contributed by atoms with Gasteiger partial charge in [-0.3, -0.25) is 0 Å². The summed E-state index contributed by atoms with van der Waals surface area (Å²) in [5.41, 5.74) is 2.80. The first-order chi connectivity index (χ1) is 8.22. The standard InChI is InChI=1S/C12H17N3O2/c1-8-13-11-3-2-9(6-12(11)14-8)15-10(7-17)4-5-16/h2-3,6,10,15-17H,4-5,7H2,1H3,(H,13,14). The fourth-order valence-corrected chi connectivity index (χ4v) is 1.83. The summed E-state index contributed by atoms with van der Waals surface area (Å²) in [5, 5.41) is 21.2. The van der Waals surface area contributed by atoms with E-state index in [1.54, 1.807) is 0 Å². The Bertz CT molecular complexity index is 495. The maximum absolute atomic E-state index is 9.14. The van der Waals surface area contributed by atoms with Crippen LogP contribution in [0.15, 0.2) is 18.2 Å². The van der Waals surface area contributed by atoms with Crippen molar-refractivity contribution in [3.05, 3.63) is 24.0 Å². The number of hydrogen-bond donors (Lipinski definition) is 4. The predicted octanol–water partition coefficient (Wildman–Crippen LogP) is 1.03. The summed E-state index contributed by atoms with van der Waals surface area (Å²) < 4.78 is 0. The minimum atomic E-state index is -0.124. The second-order valence-corrected chi connectivity index (χ2v) is 4.09. The van der Waals surface area contributed by atoms with E-state index in [1.807, 2.05) is 25.1 Å². The molecule has 1 atom stereocenters. The Labute approximate surface area is 99.5 Å². The lowest BCUT2D eigenvalue weighted by Crippen LogP contribution is -2.24. The molecule has 17 heavy (non-hydrogen) atoms. The number of hydrogen-bond acceptors (Lipinski definition) is 4. The first-order valence-corrected chi connectivity index (χ1v) is 5.67. The molecule has 0 saturated heterocycles. The number of aromatic amines is 1. The molecule has 4 N–H and O–H groups in total. The van der Waals surface area contributed by atoms with Crippen molar-refractivity contribution in [1.82, 2.24) is 9.97 Å². The van der Waals surface area contributed by atoms with Gasteiger partial charge in [-0.25, -0.2) is 4.98 Å². The molecule has 1 heterocycles. The van der Waals surface area contributed by atoms with Gasteiger partial charge < -0.3 is 20.5 Å². The van der Waals surface area contributed by atoms with E-state index in [2.05, 4.69) is 15.3 Å². The predicted molar refractivity (Wildman–Crippen MR) is 67.0 cm³/mol. The van der Waals surface area contributed by atoms with Crippen molar-refractivity contribution in [2.24, 2.45) is 0 Å². The van der Waals surface area contributed by atoms with E-state index < -0.39 is 0 Å². The number of imidazole rings is 1. The number of H-pyrrole nitrogens is 1. The number of benzene rings is 1. The molecule has 0 amide bonds. The number of nitrogens with zero attached hydrogens (tertiary/aromatic N) is 1. The molecule has 1 aromatic carbocycles. The molecule has 0 spiro atoms. The van der Waals surface area contributed by atoms with E-state index in [1.165, 1.54) is 0 Å². The van der Waals surface area contributed by atoms with Gasteiger partial charge >= 0.3 is 0 Å². The van der Waals surface area contributed by atoms with Crippen LogP contribution >= 0.6 is 0 Å². The van der Waals surface area contributed by atoms with E-state index in [4.69, 9.17) is 10.2 Å². The number of aryl methyl sites for hydroxylation is 1. The molecule has 2 rings (SSSR count). The van der Waals surface area contributed by atoms with Gasteiger partial charge in [0.05, 0.1) is 23.7 Å². The third-order valence-corrected chi connectivity index (χ3v) is 2.67. The summed E-state index contributed by atoms with van der Waals surface area (Å²) >= 11 is 0. The van der Waals surface area contributed by atoms with Crippen LogP contribution in [0.3, 0.4) is 0 Å². The Morgan fingerprint density at radius 2 is 2.24 bits per heavy atom. The van der Waals surface area contributed by atoms with Crippen LogP contribution in [0.5, 0.6) is 0 Å². The highest BCUT2D eigenvalue weighted by Crippen LogP contribution is 2.18. The average Bonchev–Trinajstić information content (AvgIpc) is 2.68. The zero-order chi connectivity index (χ0) is 12.3. The van der Waals surface area contributed by atoms with Gasteiger partial charge in [-0.2, -0.15) is 0 Å². The molecule has 0 aliphatic carbocycles. The number of rotatable bonds is 5. The summed E-state index contributed by atoms with van der Waals surface area (Å²) in [6.07, 6.45) is 0.524. The van der Waals surface area contributed by atoms with Gasteiger partial charge in [0.2, 0.25) is 0 Å². The smallest absolute Gasteiger partial charge is 0.104 e. The van der Waals surface area contributed by atoms with Crippen molar-refractivity contribution in [1.29, 1.82) is 0 Å². The number of fused-ring (bicyclic) bond motifs is 1. The van der Waals surface area contributed by atoms with E-state index in [0.29, 0.717) is 6.42 Å². The quantitative estimate of drug-likeness (QED) is 0.624. The second kappa shape index (κ2) is 5.16. The highest BCUT2D eigenvalue weighted by molar-refractivity contribution is 5.79. The Hall–Kier alpha value is -1.59. The normalized spacial score (nSPS) is 12.9. The first kappa shape index (κ1) is 11.9. The lowest BCUT2D eigenvalue weighted by atomic mass is 10.2. The SMILES string of the molecule is Cc1nc2ccc(NC(CO)CCO)cc2[nH]1. The molecule has 92 valence electrons. The van der Waals surface area contributed by atoms with Gasteiger partial charge in [-0.15, -0.1) is 0 Å². The Morgan fingerprint density at radius 1 is 1.41 bits per heavy atom. The molecule has 0 fully saturated rings. The topological polar surface area (TPSA) is 81.2 Å². The molecule has 0 bridgehead atoms. The summed E-state index contributed by atoms with van der Waals surface area (Å²) in [4.78, 5) is 7.48. The zero-order valence-corrected chi connectivity index (χ0v) is 9.77. The number of nitrogens with one attached hydrogen (secondary N) is 2. The summed E-state index contributed by atoms with van der Waals surface area (Å²) in [5.74, 6) is 0.881. The molecule has 5 nitrogen and oxygen atoms in total. The van der Waals surface area contributed by atoms with Gasteiger partial charge in [0, 0.05) is 12.3 Å². The Kier molecular flexibility index (Phi) is 3.61. The third kappa shape index (κ3) is 2.75. The highest BCUT2D eigenvalue weighted by Gasteiger charge is 2.07. The van der Waals surface area contributed by atoms with Crippen molar-refractivity contribution >= 4 is 16.7 Å². The molecule has 0 saturated carbocycles. The van der Waals surface area contributed by atoms with Gasteiger partial charge in [0.25, 0.3) is 0 Å². The minimum absolute atomic E-state index is 0.000596. The highest BCUT2D eigenvalue weighted by atomic mass is 16.3. The van der Waals surface area contributed by atoms with Crippen molar-refractivity contribution in [2.45, 2.75) is 19.4 Å². The van der Waals surface area contributed by atoms with Crippen LogP contribution in [0.25, 0.3) is 11.0 Å². The van der Waals surface area contributed by atoms with E-state index in [0.717, 1.165) is 22.5 Å². The first-order valence-electron chi connectivity index (χ1n) is 5.67. The molecule has 0 aliphatic heterocycles. The number of aliphatic hydroxyl groups is 2. The molecule has 5 heteroatoms. The van der Waals surface area contributed by atoms with Crippen LogP contribution in [-0.2, 0) is 0 Å². The van der Waals surface area contributed by atoms with Crippen molar-refractivity contribution in [3.63, 3.8) is 0 Å². The van der Waals surface area contributed by atoms with E-state index in [-0.39, 0.29) is 19.3 Å². The molecule has 1 unspecified atom stereocenters. The van der Waals surface area contributed by atoms with Crippen LogP contribution in [0.2, 0.25) is 0 Å². The summed E-state index contributed by atoms with van der Waals surface area (Å²) in [7, 11) is 0. The lowest BCUT2D eigenvalue weighted by molar-refractivity contribution is 0.229. The summed E-state index contributed by atoms with van der Waals surface area (Å²) in [6, 6.07) is 5.67. The molecule has 0 aliphatic rings. The third-order valence-electron chi connectivity index (χ3n) is 2.67. The number of anilines is 1. The lowest BCUT2D eigenvalue weighted by Gasteiger charge is -2.16. The van der Waals surface area contributed by atoms with Gasteiger partial charge in [-0.05, 0) is 31.5 Å². The second-order valence-electron chi connectivity index (χ2n) is 4.09. The fraction of sp³-hybridized carbons (Fsp3) is 0.417. The van der Waals surface area contributed by atoms with E-state index >= 15 is 0 Å². The number of aliphatic hydroxyl groups excluding tert-OH is 2. The van der Waals surface area contributed by atoms with Gasteiger partial charge in [0.1, 0.15) is 5.82 Å². The van der Waals surface area contributed by atoms with Crippen LogP contribution in [0.1, 0.15) is 12.2 Å². The van der Waals surface area contributed by atoms with Crippen molar-refractivity contribution in [2.75, 3.05) is 18.5 Å². The van der Waals surface area contributed by atoms with Crippen molar-refractivity contribution in [3.8, 4) is 0 Å². The average molecular weight is 235 g/mol. The van der Waals surface area contributed by atoms with Crippen LogP contribution in [-0.4, -0.2) is 39.4 Å². The van der Waals surface area contributed by atoms with Gasteiger partial charge in [0.15, 0.2) is 0 Å². The van der Waals surface area contributed by atoms with Crippen LogP contribution in [0, 0.1) is 6.92 Å². The van der Waals surface area contributed by atoms with Crippen LogP contribution < -0.4 is 5.32 Å². The largest absolute Gasteiger partial charge is 0.396 e. The molecular weight excluding hydrogens is 218 g/mol. The maximum atomic E-state index is 9.14. The monoisotopic (exact) mass is 235 g/mol. The van der Waals surface area contributed by atoms with Crippen LogP contribution in [0.4, 0.5) is 5.69 Å². The van der Waals surface area contributed by atoms with Gasteiger partial charge in [-0.1, -0.05) is 0 Å². The Morgan fingerprint density at radius 3 is 2.94 bits per heavy atom. The molecular formula is C12H17N3O2. The number of aromatic nitrogens is 2. The Balaban J connectivity index is 2.17. The minimum Gasteiger partial charge on any atom is -0.396 e.